The fourth-order valence-electron chi connectivity index (χ4n) is 5.36. The predicted molar refractivity (Wildman–Crippen MR) is 156 cm³/mol. The van der Waals surface area contributed by atoms with E-state index in [1.54, 1.807) is 18.2 Å². The quantitative estimate of drug-likeness (QED) is 0.232. The van der Waals surface area contributed by atoms with Gasteiger partial charge in [-0.1, -0.05) is 76.9 Å². The van der Waals surface area contributed by atoms with Gasteiger partial charge in [-0.3, -0.25) is 9.78 Å². The molecule has 0 bridgehead atoms. The van der Waals surface area contributed by atoms with Gasteiger partial charge in [-0.15, -0.1) is 10.2 Å². The number of likely N-dealkylation sites (tertiary alicyclic amines) is 1. The number of aromatic nitrogens is 5. The summed E-state index contributed by atoms with van der Waals surface area (Å²) in [6.07, 6.45) is 1.54. The second kappa shape index (κ2) is 11.8. The molecule has 0 radical (unpaired) electrons. The molecule has 1 aliphatic heterocycles. The standard InChI is InChI=1S/C31H25Cl2FN6O/c32-21-11-9-20(10-12-21)30-24(23-6-1-3-7-26(23)33)17-25(28(35-30)18-29-36-38-39-37-29)31(41)40-15-13-19(14-16-40)22-5-2-4-8-27(22)34/h1-12,17,19H,13-16,18H2,(H,36,37,38,39). The van der Waals surface area contributed by atoms with Crippen LogP contribution in [0.15, 0.2) is 78.9 Å². The summed E-state index contributed by atoms with van der Waals surface area (Å²) in [5.74, 6) is 0.116. The normalized spacial score (nSPS) is 13.9. The molecule has 1 saturated heterocycles. The number of nitrogens with one attached hydrogen (secondary N) is 1. The van der Waals surface area contributed by atoms with Crippen molar-refractivity contribution in [2.24, 2.45) is 0 Å². The maximum Gasteiger partial charge on any atom is 0.255 e. The summed E-state index contributed by atoms with van der Waals surface area (Å²) in [6, 6.07) is 23.6. The molecule has 1 N–H and O–H groups in total. The Morgan fingerprint density at radius 2 is 1.68 bits per heavy atom. The number of rotatable bonds is 6. The van der Waals surface area contributed by atoms with Crippen LogP contribution < -0.4 is 0 Å². The minimum absolute atomic E-state index is 0.0585. The van der Waals surface area contributed by atoms with Gasteiger partial charge in [-0.2, -0.15) is 5.21 Å². The molecule has 6 rings (SSSR count). The van der Waals surface area contributed by atoms with Crippen LogP contribution in [0.4, 0.5) is 4.39 Å². The van der Waals surface area contributed by atoms with Crippen molar-refractivity contribution >= 4 is 29.1 Å². The Balaban J connectivity index is 1.42. The molecule has 206 valence electrons. The van der Waals surface area contributed by atoms with E-state index < -0.39 is 0 Å². The number of H-pyrrole nitrogens is 1. The van der Waals surface area contributed by atoms with E-state index in [9.17, 15) is 9.18 Å². The third-order valence-electron chi connectivity index (χ3n) is 7.46. The number of piperidine rings is 1. The minimum atomic E-state index is -0.203. The van der Waals surface area contributed by atoms with E-state index >= 15 is 0 Å². The second-order valence-electron chi connectivity index (χ2n) is 9.96. The summed E-state index contributed by atoms with van der Waals surface area (Å²) in [6.45, 7) is 1.000. The zero-order valence-corrected chi connectivity index (χ0v) is 23.4. The van der Waals surface area contributed by atoms with Crippen LogP contribution in [0.3, 0.4) is 0 Å². The first kappa shape index (κ1) is 27.1. The highest BCUT2D eigenvalue weighted by atomic mass is 35.5. The number of hydrogen-bond donors (Lipinski definition) is 1. The Labute approximate surface area is 246 Å². The number of aromatic amines is 1. The van der Waals surface area contributed by atoms with Gasteiger partial charge in [-0.25, -0.2) is 4.39 Å². The molecule has 0 atom stereocenters. The van der Waals surface area contributed by atoms with Crippen molar-refractivity contribution in [3.8, 4) is 22.4 Å². The van der Waals surface area contributed by atoms with Crippen LogP contribution in [0.2, 0.25) is 10.0 Å². The third kappa shape index (κ3) is 5.71. The lowest BCUT2D eigenvalue weighted by atomic mass is 9.88. The van der Waals surface area contributed by atoms with E-state index in [1.165, 1.54) is 6.07 Å². The molecule has 3 heterocycles. The van der Waals surface area contributed by atoms with Crippen molar-refractivity contribution in [3.05, 3.63) is 117 Å². The van der Waals surface area contributed by atoms with Crippen molar-refractivity contribution in [3.63, 3.8) is 0 Å². The highest BCUT2D eigenvalue weighted by Crippen LogP contribution is 2.38. The average molecular weight is 587 g/mol. The summed E-state index contributed by atoms with van der Waals surface area (Å²) in [5, 5.41) is 15.5. The molecular weight excluding hydrogens is 562 g/mol. The maximum atomic E-state index is 14.4. The van der Waals surface area contributed by atoms with Gasteiger partial charge in [0.15, 0.2) is 5.82 Å². The fraction of sp³-hybridized carbons (Fsp3) is 0.194. The molecule has 1 fully saturated rings. The van der Waals surface area contributed by atoms with Gasteiger partial charge in [0, 0.05) is 39.8 Å². The first-order valence-corrected chi connectivity index (χ1v) is 14.0. The highest BCUT2D eigenvalue weighted by Gasteiger charge is 2.29. The number of hydrogen-bond acceptors (Lipinski definition) is 5. The first-order chi connectivity index (χ1) is 20.0. The van der Waals surface area contributed by atoms with Crippen LogP contribution >= 0.6 is 23.2 Å². The molecule has 0 saturated carbocycles. The Morgan fingerprint density at radius 3 is 2.39 bits per heavy atom. The molecule has 10 heteroatoms. The van der Waals surface area contributed by atoms with E-state index in [0.717, 1.165) is 16.7 Å². The number of tetrazole rings is 1. The number of halogens is 3. The topological polar surface area (TPSA) is 87.7 Å². The Hall–Kier alpha value is -4.14. The molecule has 0 spiro atoms. The average Bonchev–Trinajstić information content (AvgIpc) is 3.51. The van der Waals surface area contributed by atoms with Gasteiger partial charge in [0.05, 0.1) is 23.4 Å². The number of pyridine rings is 1. The first-order valence-electron chi connectivity index (χ1n) is 13.3. The van der Waals surface area contributed by atoms with Crippen LogP contribution in [0.5, 0.6) is 0 Å². The smallest absolute Gasteiger partial charge is 0.255 e. The second-order valence-corrected chi connectivity index (χ2v) is 10.8. The van der Waals surface area contributed by atoms with E-state index in [0.29, 0.717) is 64.3 Å². The summed E-state index contributed by atoms with van der Waals surface area (Å²) in [4.78, 5) is 21.0. The van der Waals surface area contributed by atoms with Gasteiger partial charge in [0.1, 0.15) is 5.82 Å². The largest absolute Gasteiger partial charge is 0.339 e. The molecular formula is C31H25Cl2FN6O. The molecule has 0 unspecified atom stereocenters. The Morgan fingerprint density at radius 1 is 0.951 bits per heavy atom. The predicted octanol–water partition coefficient (Wildman–Crippen LogP) is 6.99. The third-order valence-corrected chi connectivity index (χ3v) is 8.04. The molecule has 2 aromatic heterocycles. The van der Waals surface area contributed by atoms with Crippen LogP contribution in [0, 0.1) is 5.82 Å². The van der Waals surface area contributed by atoms with Crippen molar-refractivity contribution in [2.45, 2.75) is 25.2 Å². The highest BCUT2D eigenvalue weighted by molar-refractivity contribution is 6.33. The van der Waals surface area contributed by atoms with Crippen molar-refractivity contribution in [1.82, 2.24) is 30.5 Å². The summed E-state index contributed by atoms with van der Waals surface area (Å²) < 4.78 is 14.4. The molecule has 3 aromatic carbocycles. The summed E-state index contributed by atoms with van der Waals surface area (Å²) in [7, 11) is 0. The number of carbonyl (C=O) groups excluding carboxylic acids is 1. The molecule has 7 nitrogen and oxygen atoms in total. The molecule has 1 amide bonds. The SMILES string of the molecule is O=C(c1cc(-c2ccccc2Cl)c(-c2ccc(Cl)cc2)nc1Cc1nn[nH]n1)N1CCC(c2ccccc2F)CC1. The van der Waals surface area contributed by atoms with E-state index in [-0.39, 0.29) is 24.1 Å². The van der Waals surface area contributed by atoms with Gasteiger partial charge in [0.25, 0.3) is 5.91 Å². The number of benzene rings is 3. The zero-order valence-electron chi connectivity index (χ0n) is 21.9. The Bertz CT molecular complexity index is 1690. The van der Waals surface area contributed by atoms with E-state index in [1.807, 2.05) is 59.5 Å². The summed E-state index contributed by atoms with van der Waals surface area (Å²) in [5.41, 5.74) is 4.61. The molecule has 5 aromatic rings. The lowest BCUT2D eigenvalue weighted by molar-refractivity contribution is 0.0711. The van der Waals surface area contributed by atoms with Crippen LogP contribution in [-0.2, 0) is 6.42 Å². The van der Waals surface area contributed by atoms with E-state index in [2.05, 4.69) is 20.6 Å². The van der Waals surface area contributed by atoms with Gasteiger partial charge in [0.2, 0.25) is 0 Å². The fourth-order valence-corrected chi connectivity index (χ4v) is 5.72. The monoisotopic (exact) mass is 586 g/mol. The number of nitrogens with zero attached hydrogens (tertiary/aromatic N) is 5. The molecule has 1 aliphatic rings. The van der Waals surface area contributed by atoms with Crippen molar-refractivity contribution in [2.75, 3.05) is 13.1 Å². The number of amides is 1. The lowest BCUT2D eigenvalue weighted by Crippen LogP contribution is -2.38. The van der Waals surface area contributed by atoms with Crippen molar-refractivity contribution < 1.29 is 9.18 Å². The summed E-state index contributed by atoms with van der Waals surface area (Å²) >= 11 is 12.8. The Kier molecular flexibility index (Phi) is 7.76. The molecule has 0 aliphatic carbocycles. The van der Waals surface area contributed by atoms with Gasteiger partial charge >= 0.3 is 0 Å². The number of carbonyl (C=O) groups is 1. The lowest BCUT2D eigenvalue weighted by Gasteiger charge is -2.33. The van der Waals surface area contributed by atoms with E-state index in [4.69, 9.17) is 28.2 Å². The van der Waals surface area contributed by atoms with Crippen LogP contribution in [0.25, 0.3) is 22.4 Å². The van der Waals surface area contributed by atoms with Gasteiger partial charge in [-0.05, 0) is 54.7 Å². The van der Waals surface area contributed by atoms with Crippen LogP contribution in [-0.4, -0.2) is 49.5 Å². The van der Waals surface area contributed by atoms with Crippen molar-refractivity contribution in [1.29, 1.82) is 0 Å². The maximum absolute atomic E-state index is 14.4. The molecule has 41 heavy (non-hydrogen) atoms. The zero-order chi connectivity index (χ0) is 28.3. The van der Waals surface area contributed by atoms with Gasteiger partial charge < -0.3 is 4.90 Å². The minimum Gasteiger partial charge on any atom is -0.339 e. The van der Waals surface area contributed by atoms with Crippen LogP contribution in [0.1, 0.15) is 46.2 Å².